The van der Waals surface area contributed by atoms with Crippen LogP contribution < -0.4 is 5.76 Å². The molecule has 0 saturated carbocycles. The lowest BCUT2D eigenvalue weighted by Gasteiger charge is -2.14. The highest BCUT2D eigenvalue weighted by Crippen LogP contribution is 2.14. The van der Waals surface area contributed by atoms with Gasteiger partial charge < -0.3 is 9.84 Å². The van der Waals surface area contributed by atoms with E-state index in [2.05, 4.69) is 14.7 Å². The Morgan fingerprint density at radius 3 is 2.95 bits per heavy atom. The number of aliphatic hydroxyl groups is 1. The summed E-state index contributed by atoms with van der Waals surface area (Å²) in [4.78, 5) is 15.6. The lowest BCUT2D eigenvalue weighted by Crippen LogP contribution is -2.28. The fourth-order valence-electron chi connectivity index (χ4n) is 1.70. The maximum absolute atomic E-state index is 11.6. The first-order valence-corrected chi connectivity index (χ1v) is 6.34. The van der Waals surface area contributed by atoms with Gasteiger partial charge in [-0.1, -0.05) is 5.16 Å². The zero-order valence-electron chi connectivity index (χ0n) is 11.4. The van der Waals surface area contributed by atoms with Crippen molar-refractivity contribution in [2.75, 3.05) is 6.61 Å². The Morgan fingerprint density at radius 1 is 1.50 bits per heavy atom. The fourth-order valence-corrected chi connectivity index (χ4v) is 1.70. The van der Waals surface area contributed by atoms with E-state index in [-0.39, 0.29) is 19.3 Å². The summed E-state index contributed by atoms with van der Waals surface area (Å²) in [6.45, 7) is 3.94. The maximum Gasteiger partial charge on any atom is 0.441 e. The Kier molecular flexibility index (Phi) is 4.65. The number of aliphatic hydroxyl groups excluding tert-OH is 1. The predicted molar refractivity (Wildman–Crippen MR) is 71.1 cm³/mol. The van der Waals surface area contributed by atoms with E-state index >= 15 is 0 Å². The molecule has 0 aliphatic carbocycles. The van der Waals surface area contributed by atoms with E-state index in [1.807, 2.05) is 13.8 Å². The molecule has 20 heavy (non-hydrogen) atoms. The SMILES string of the molecule is CC(C)OC[C@@H](O)Cn1c(-c2cccnc2)noc1=O. The molecule has 0 fully saturated rings. The number of aromatic nitrogens is 3. The first-order valence-electron chi connectivity index (χ1n) is 6.34. The quantitative estimate of drug-likeness (QED) is 0.836. The van der Waals surface area contributed by atoms with Gasteiger partial charge in [0.05, 0.1) is 25.4 Å². The van der Waals surface area contributed by atoms with Crippen LogP contribution in [0.1, 0.15) is 13.8 Å². The third-order valence-corrected chi connectivity index (χ3v) is 2.62. The van der Waals surface area contributed by atoms with Crippen LogP contribution in [0.15, 0.2) is 33.8 Å². The molecular formula is C13H17N3O4. The molecule has 2 aromatic rings. The summed E-state index contributed by atoms with van der Waals surface area (Å²) in [6.07, 6.45) is 2.40. The highest BCUT2D eigenvalue weighted by molar-refractivity contribution is 5.52. The Hall–Kier alpha value is -1.99. The van der Waals surface area contributed by atoms with Crippen molar-refractivity contribution in [2.45, 2.75) is 32.6 Å². The summed E-state index contributed by atoms with van der Waals surface area (Å²) in [6, 6.07) is 3.49. The standard InChI is InChI=1S/C13H17N3O4/c1-9(2)19-8-11(17)7-16-12(15-20-13(16)18)10-4-3-5-14-6-10/h3-6,9,11,17H,7-8H2,1-2H3/t11-/m0/s1. The van der Waals surface area contributed by atoms with Crippen molar-refractivity contribution in [1.29, 1.82) is 0 Å². The lowest BCUT2D eigenvalue weighted by atomic mass is 10.2. The second kappa shape index (κ2) is 6.44. The van der Waals surface area contributed by atoms with E-state index < -0.39 is 11.9 Å². The van der Waals surface area contributed by atoms with E-state index in [4.69, 9.17) is 4.74 Å². The minimum absolute atomic E-state index is 0.0154. The van der Waals surface area contributed by atoms with E-state index in [0.717, 1.165) is 0 Å². The van der Waals surface area contributed by atoms with Gasteiger partial charge in [-0.25, -0.2) is 4.79 Å². The van der Waals surface area contributed by atoms with Gasteiger partial charge in [0, 0.05) is 18.0 Å². The molecule has 0 aromatic carbocycles. The molecule has 0 aliphatic heterocycles. The molecular weight excluding hydrogens is 262 g/mol. The van der Waals surface area contributed by atoms with Crippen molar-refractivity contribution in [3.05, 3.63) is 35.1 Å². The van der Waals surface area contributed by atoms with Crippen LogP contribution in [-0.4, -0.2) is 38.6 Å². The molecule has 0 aliphatic rings. The van der Waals surface area contributed by atoms with Crippen LogP contribution in [0.4, 0.5) is 0 Å². The minimum atomic E-state index is -0.815. The summed E-state index contributed by atoms with van der Waals surface area (Å²) >= 11 is 0. The highest BCUT2D eigenvalue weighted by atomic mass is 16.5. The van der Waals surface area contributed by atoms with Crippen LogP contribution in [-0.2, 0) is 11.3 Å². The third kappa shape index (κ3) is 3.52. The highest BCUT2D eigenvalue weighted by Gasteiger charge is 2.16. The molecule has 0 amide bonds. The second-order valence-electron chi connectivity index (χ2n) is 4.66. The van der Waals surface area contributed by atoms with E-state index in [9.17, 15) is 9.90 Å². The molecule has 2 aromatic heterocycles. The van der Waals surface area contributed by atoms with E-state index in [1.165, 1.54) is 4.57 Å². The Bertz CT molecular complexity index is 591. The number of hydrogen-bond donors (Lipinski definition) is 1. The smallest absolute Gasteiger partial charge is 0.389 e. The van der Waals surface area contributed by atoms with Gasteiger partial charge in [-0.3, -0.25) is 14.1 Å². The molecule has 1 N–H and O–H groups in total. The summed E-state index contributed by atoms with van der Waals surface area (Å²) in [5.41, 5.74) is 0.648. The topological polar surface area (TPSA) is 90.4 Å². The molecule has 1 atom stereocenters. The average molecular weight is 279 g/mol. The Morgan fingerprint density at radius 2 is 2.30 bits per heavy atom. The van der Waals surface area contributed by atoms with Gasteiger partial charge in [-0.05, 0) is 26.0 Å². The first-order chi connectivity index (χ1) is 9.58. The van der Waals surface area contributed by atoms with Crippen LogP contribution in [0, 0.1) is 0 Å². The monoisotopic (exact) mass is 279 g/mol. The molecule has 0 spiro atoms. The number of ether oxygens (including phenoxy) is 1. The molecule has 2 heterocycles. The second-order valence-corrected chi connectivity index (χ2v) is 4.66. The Balaban J connectivity index is 2.16. The van der Waals surface area contributed by atoms with Crippen molar-refractivity contribution < 1.29 is 14.4 Å². The molecule has 0 unspecified atom stereocenters. The van der Waals surface area contributed by atoms with Gasteiger partial charge in [0.1, 0.15) is 0 Å². The largest absolute Gasteiger partial charge is 0.441 e. The number of rotatable bonds is 6. The van der Waals surface area contributed by atoms with Crippen LogP contribution in [0.3, 0.4) is 0 Å². The average Bonchev–Trinajstić information content (AvgIpc) is 2.79. The number of pyridine rings is 1. The third-order valence-electron chi connectivity index (χ3n) is 2.62. The summed E-state index contributed by atoms with van der Waals surface area (Å²) in [5, 5.41) is 13.6. The summed E-state index contributed by atoms with van der Waals surface area (Å²) in [5.74, 6) is -0.279. The maximum atomic E-state index is 11.6. The van der Waals surface area contributed by atoms with E-state index in [1.54, 1.807) is 24.5 Å². The summed E-state index contributed by atoms with van der Waals surface area (Å²) in [7, 11) is 0. The zero-order valence-corrected chi connectivity index (χ0v) is 11.4. The van der Waals surface area contributed by atoms with Crippen molar-refractivity contribution >= 4 is 0 Å². The van der Waals surface area contributed by atoms with Crippen molar-refractivity contribution in [3.63, 3.8) is 0 Å². The van der Waals surface area contributed by atoms with Crippen molar-refractivity contribution in [3.8, 4) is 11.4 Å². The fraction of sp³-hybridized carbons (Fsp3) is 0.462. The number of nitrogens with zero attached hydrogens (tertiary/aromatic N) is 3. The van der Waals surface area contributed by atoms with Gasteiger partial charge in [-0.15, -0.1) is 0 Å². The normalized spacial score (nSPS) is 12.8. The molecule has 0 radical (unpaired) electrons. The predicted octanol–water partition coefficient (Wildman–Crippen LogP) is 0.684. The first kappa shape index (κ1) is 14.4. The number of hydrogen-bond acceptors (Lipinski definition) is 6. The molecule has 7 heteroatoms. The molecule has 2 rings (SSSR count). The summed E-state index contributed by atoms with van der Waals surface area (Å²) < 4.78 is 11.2. The van der Waals surface area contributed by atoms with Gasteiger partial charge in [0.2, 0.25) is 0 Å². The zero-order chi connectivity index (χ0) is 14.5. The Labute approximate surface area is 115 Å². The van der Waals surface area contributed by atoms with Crippen molar-refractivity contribution in [1.82, 2.24) is 14.7 Å². The molecule has 108 valence electrons. The van der Waals surface area contributed by atoms with Crippen LogP contribution in [0.2, 0.25) is 0 Å². The van der Waals surface area contributed by atoms with Gasteiger partial charge >= 0.3 is 5.76 Å². The minimum Gasteiger partial charge on any atom is -0.389 e. The molecule has 0 saturated heterocycles. The van der Waals surface area contributed by atoms with E-state index in [0.29, 0.717) is 11.4 Å². The van der Waals surface area contributed by atoms with Crippen molar-refractivity contribution in [2.24, 2.45) is 0 Å². The van der Waals surface area contributed by atoms with Gasteiger partial charge in [0.25, 0.3) is 0 Å². The van der Waals surface area contributed by atoms with Crippen LogP contribution >= 0.6 is 0 Å². The lowest BCUT2D eigenvalue weighted by molar-refractivity contribution is -0.00119. The van der Waals surface area contributed by atoms with Crippen LogP contribution in [0.25, 0.3) is 11.4 Å². The van der Waals surface area contributed by atoms with Gasteiger partial charge in [0.15, 0.2) is 5.82 Å². The van der Waals surface area contributed by atoms with Gasteiger partial charge in [-0.2, -0.15) is 0 Å². The molecule has 0 bridgehead atoms. The van der Waals surface area contributed by atoms with Crippen LogP contribution in [0.5, 0.6) is 0 Å². The molecule has 7 nitrogen and oxygen atoms in total.